The van der Waals surface area contributed by atoms with Crippen LogP contribution in [0, 0.1) is 0 Å². The zero-order valence-corrected chi connectivity index (χ0v) is 17.0. The summed E-state index contributed by atoms with van der Waals surface area (Å²) in [6.07, 6.45) is 3.12. The summed E-state index contributed by atoms with van der Waals surface area (Å²) in [6, 6.07) is 12.6. The van der Waals surface area contributed by atoms with Crippen LogP contribution in [0.3, 0.4) is 0 Å². The van der Waals surface area contributed by atoms with Gasteiger partial charge in [-0.2, -0.15) is 0 Å². The molecule has 0 bridgehead atoms. The Morgan fingerprint density at radius 3 is 2.31 bits per heavy atom. The van der Waals surface area contributed by atoms with Crippen LogP contribution < -0.4 is 10.6 Å². The predicted octanol–water partition coefficient (Wildman–Crippen LogP) is 3.72. The number of piperidine rings is 1. The van der Waals surface area contributed by atoms with Crippen molar-refractivity contribution in [1.82, 2.24) is 10.2 Å². The van der Waals surface area contributed by atoms with Crippen LogP contribution in [0.5, 0.6) is 0 Å². The number of hydrogen-bond acceptors (Lipinski definition) is 3. The van der Waals surface area contributed by atoms with Gasteiger partial charge in [0.1, 0.15) is 6.04 Å². The van der Waals surface area contributed by atoms with Gasteiger partial charge in [0.2, 0.25) is 5.91 Å². The number of rotatable bonds is 5. The number of benzene rings is 2. The summed E-state index contributed by atoms with van der Waals surface area (Å²) < 4.78 is 0. The highest BCUT2D eigenvalue weighted by Gasteiger charge is 2.23. The number of anilines is 1. The second-order valence-electron chi connectivity index (χ2n) is 7.09. The van der Waals surface area contributed by atoms with Crippen LogP contribution in [0.25, 0.3) is 0 Å². The number of halogens is 1. The SMILES string of the molecule is CC(NC(=O)c1ccc(Cl)cc1)C(=O)Nc1ccccc1C(=O)N1CCCCC1. The van der Waals surface area contributed by atoms with E-state index >= 15 is 0 Å². The molecule has 2 aromatic rings. The van der Waals surface area contributed by atoms with Crippen LogP contribution in [0.4, 0.5) is 5.69 Å². The maximum Gasteiger partial charge on any atom is 0.255 e. The molecule has 0 aromatic heterocycles. The average Bonchev–Trinajstić information content (AvgIpc) is 2.74. The molecule has 0 radical (unpaired) electrons. The van der Waals surface area contributed by atoms with E-state index in [2.05, 4.69) is 10.6 Å². The molecule has 7 heteroatoms. The van der Waals surface area contributed by atoms with Crippen molar-refractivity contribution >= 4 is 35.0 Å². The van der Waals surface area contributed by atoms with Crippen LogP contribution in [0.1, 0.15) is 46.9 Å². The first kappa shape index (κ1) is 20.9. The van der Waals surface area contributed by atoms with Gasteiger partial charge in [0.25, 0.3) is 11.8 Å². The minimum atomic E-state index is -0.781. The maximum atomic E-state index is 12.9. The topological polar surface area (TPSA) is 78.5 Å². The lowest BCUT2D eigenvalue weighted by molar-refractivity contribution is -0.117. The van der Waals surface area contributed by atoms with E-state index in [4.69, 9.17) is 11.6 Å². The van der Waals surface area contributed by atoms with E-state index in [0.29, 0.717) is 21.8 Å². The maximum absolute atomic E-state index is 12.9. The lowest BCUT2D eigenvalue weighted by atomic mass is 10.1. The number of para-hydroxylation sites is 1. The van der Waals surface area contributed by atoms with Crippen molar-refractivity contribution < 1.29 is 14.4 Å². The molecule has 1 fully saturated rings. The number of amides is 3. The van der Waals surface area contributed by atoms with Gasteiger partial charge in [0.15, 0.2) is 0 Å². The van der Waals surface area contributed by atoms with Gasteiger partial charge in [0, 0.05) is 23.7 Å². The zero-order chi connectivity index (χ0) is 20.8. The summed E-state index contributed by atoms with van der Waals surface area (Å²) in [6.45, 7) is 3.06. The fourth-order valence-corrected chi connectivity index (χ4v) is 3.36. The van der Waals surface area contributed by atoms with Crippen molar-refractivity contribution in [3.8, 4) is 0 Å². The summed E-state index contributed by atoms with van der Waals surface area (Å²) in [5.41, 5.74) is 1.31. The van der Waals surface area contributed by atoms with Crippen molar-refractivity contribution in [2.45, 2.75) is 32.2 Å². The summed E-state index contributed by atoms with van der Waals surface area (Å²) in [4.78, 5) is 39.6. The Morgan fingerprint density at radius 2 is 1.62 bits per heavy atom. The molecule has 0 aliphatic carbocycles. The van der Waals surface area contributed by atoms with Crippen molar-refractivity contribution in [3.63, 3.8) is 0 Å². The molecule has 1 aliphatic heterocycles. The first-order chi connectivity index (χ1) is 14.0. The van der Waals surface area contributed by atoms with E-state index in [0.717, 1.165) is 32.4 Å². The number of hydrogen-bond donors (Lipinski definition) is 2. The monoisotopic (exact) mass is 413 g/mol. The number of nitrogens with one attached hydrogen (secondary N) is 2. The van der Waals surface area contributed by atoms with Crippen molar-refractivity contribution in [1.29, 1.82) is 0 Å². The molecule has 0 saturated carbocycles. The summed E-state index contributed by atoms with van der Waals surface area (Å²) in [5, 5.41) is 5.96. The predicted molar refractivity (Wildman–Crippen MR) is 113 cm³/mol. The van der Waals surface area contributed by atoms with E-state index < -0.39 is 11.9 Å². The van der Waals surface area contributed by atoms with Gasteiger partial charge in [0.05, 0.1) is 11.3 Å². The molecular formula is C22H24ClN3O3. The van der Waals surface area contributed by atoms with Crippen molar-refractivity contribution in [2.75, 3.05) is 18.4 Å². The largest absolute Gasteiger partial charge is 0.341 e. The highest BCUT2D eigenvalue weighted by Crippen LogP contribution is 2.20. The van der Waals surface area contributed by atoms with Crippen LogP contribution in [0.2, 0.25) is 5.02 Å². The number of carbonyl (C=O) groups excluding carboxylic acids is 3. The van der Waals surface area contributed by atoms with Gasteiger partial charge in [-0.05, 0) is 62.6 Å². The van der Waals surface area contributed by atoms with Crippen LogP contribution in [-0.2, 0) is 4.79 Å². The van der Waals surface area contributed by atoms with E-state index in [9.17, 15) is 14.4 Å². The van der Waals surface area contributed by atoms with Crippen LogP contribution >= 0.6 is 11.6 Å². The molecule has 1 atom stereocenters. The van der Waals surface area contributed by atoms with Crippen LogP contribution in [-0.4, -0.2) is 41.8 Å². The molecule has 29 heavy (non-hydrogen) atoms. The quantitative estimate of drug-likeness (QED) is 0.784. The minimum absolute atomic E-state index is 0.0848. The van der Waals surface area contributed by atoms with Gasteiger partial charge in [-0.15, -0.1) is 0 Å². The molecule has 1 aliphatic rings. The molecule has 0 spiro atoms. The fourth-order valence-electron chi connectivity index (χ4n) is 3.23. The molecule has 2 aromatic carbocycles. The first-order valence-corrected chi connectivity index (χ1v) is 10.1. The molecule has 6 nitrogen and oxygen atoms in total. The molecule has 1 heterocycles. The second kappa shape index (κ2) is 9.56. The lowest BCUT2D eigenvalue weighted by Crippen LogP contribution is -2.42. The molecule has 3 amide bonds. The molecule has 152 valence electrons. The summed E-state index contributed by atoms with van der Waals surface area (Å²) in [7, 11) is 0. The van der Waals surface area contributed by atoms with Gasteiger partial charge >= 0.3 is 0 Å². The van der Waals surface area contributed by atoms with E-state index in [1.807, 2.05) is 4.90 Å². The van der Waals surface area contributed by atoms with Gasteiger partial charge in [-0.3, -0.25) is 14.4 Å². The van der Waals surface area contributed by atoms with Crippen molar-refractivity contribution in [3.05, 3.63) is 64.7 Å². The average molecular weight is 414 g/mol. The van der Waals surface area contributed by atoms with Gasteiger partial charge < -0.3 is 15.5 Å². The fraction of sp³-hybridized carbons (Fsp3) is 0.318. The third-order valence-electron chi connectivity index (χ3n) is 4.91. The standard InChI is InChI=1S/C22H24ClN3O3/c1-15(24-21(28)16-9-11-17(23)12-10-16)20(27)25-19-8-4-3-7-18(19)22(29)26-13-5-2-6-14-26/h3-4,7-12,15H,2,5-6,13-14H2,1H3,(H,24,28)(H,25,27). The Morgan fingerprint density at radius 1 is 0.966 bits per heavy atom. The third kappa shape index (κ3) is 5.35. The van der Waals surface area contributed by atoms with Crippen LogP contribution in [0.15, 0.2) is 48.5 Å². The van der Waals surface area contributed by atoms with Gasteiger partial charge in [-0.1, -0.05) is 23.7 Å². The Bertz CT molecular complexity index is 892. The minimum Gasteiger partial charge on any atom is -0.341 e. The highest BCUT2D eigenvalue weighted by molar-refractivity contribution is 6.30. The number of likely N-dealkylation sites (tertiary alicyclic amines) is 1. The van der Waals surface area contributed by atoms with Crippen molar-refractivity contribution in [2.24, 2.45) is 0 Å². The lowest BCUT2D eigenvalue weighted by Gasteiger charge is -2.27. The van der Waals surface area contributed by atoms with E-state index in [1.165, 1.54) is 0 Å². The molecule has 2 N–H and O–H groups in total. The summed E-state index contributed by atoms with van der Waals surface area (Å²) in [5.74, 6) is -0.855. The number of carbonyl (C=O) groups is 3. The normalized spacial score (nSPS) is 14.8. The molecule has 1 saturated heterocycles. The summed E-state index contributed by atoms with van der Waals surface area (Å²) >= 11 is 5.83. The Balaban J connectivity index is 1.66. The molecule has 3 rings (SSSR count). The Kier molecular flexibility index (Phi) is 6.88. The Labute approximate surface area is 175 Å². The molecular weight excluding hydrogens is 390 g/mol. The van der Waals surface area contributed by atoms with Gasteiger partial charge in [-0.25, -0.2) is 0 Å². The zero-order valence-electron chi connectivity index (χ0n) is 16.3. The second-order valence-corrected chi connectivity index (χ2v) is 7.53. The number of nitrogens with zero attached hydrogens (tertiary/aromatic N) is 1. The van der Waals surface area contributed by atoms with E-state index in [1.54, 1.807) is 55.5 Å². The van der Waals surface area contributed by atoms with E-state index in [-0.39, 0.29) is 11.8 Å². The Hall–Kier alpha value is -2.86. The first-order valence-electron chi connectivity index (χ1n) is 9.71. The smallest absolute Gasteiger partial charge is 0.255 e. The third-order valence-corrected chi connectivity index (χ3v) is 5.16. The highest BCUT2D eigenvalue weighted by atomic mass is 35.5. The molecule has 1 unspecified atom stereocenters.